The molecule has 0 spiro atoms. The van der Waals surface area contributed by atoms with Gasteiger partial charge in [0.1, 0.15) is 5.44 Å². The van der Waals surface area contributed by atoms with E-state index in [0.717, 1.165) is 26.2 Å². The SMILES string of the molecule is CCCCSC(CN(CC)CC)OCC. The molecule has 0 saturated carbocycles. The van der Waals surface area contributed by atoms with Crippen molar-refractivity contribution in [1.82, 2.24) is 4.90 Å². The van der Waals surface area contributed by atoms with Gasteiger partial charge in [0.05, 0.1) is 0 Å². The predicted octanol–water partition coefficient (Wildman–Crippen LogP) is 3.22. The smallest absolute Gasteiger partial charge is 0.115 e. The summed E-state index contributed by atoms with van der Waals surface area (Å²) in [7, 11) is 0. The lowest BCUT2D eigenvalue weighted by Gasteiger charge is -2.24. The number of hydrogen-bond acceptors (Lipinski definition) is 3. The van der Waals surface area contributed by atoms with E-state index in [2.05, 4.69) is 32.6 Å². The normalized spacial score (nSPS) is 13.4. The van der Waals surface area contributed by atoms with Gasteiger partial charge < -0.3 is 9.64 Å². The van der Waals surface area contributed by atoms with E-state index in [4.69, 9.17) is 4.74 Å². The predicted molar refractivity (Wildman–Crippen MR) is 70.6 cm³/mol. The van der Waals surface area contributed by atoms with Crippen LogP contribution in [0.2, 0.25) is 0 Å². The molecule has 0 aliphatic carbocycles. The minimum atomic E-state index is 0.362. The van der Waals surface area contributed by atoms with E-state index in [1.807, 2.05) is 11.8 Å². The fourth-order valence-electron chi connectivity index (χ4n) is 1.39. The summed E-state index contributed by atoms with van der Waals surface area (Å²) in [5, 5.41) is 0. The van der Waals surface area contributed by atoms with Crippen LogP contribution in [-0.2, 0) is 4.74 Å². The Bertz CT molecular complexity index is 129. The van der Waals surface area contributed by atoms with Crippen LogP contribution in [0.15, 0.2) is 0 Å². The third-order valence-electron chi connectivity index (χ3n) is 2.46. The molecule has 0 fully saturated rings. The standard InChI is InChI=1S/C12H27NOS/c1-5-9-10-15-12(14-8-4)11-13(6-2)7-3/h12H,5-11H2,1-4H3. The van der Waals surface area contributed by atoms with Gasteiger partial charge in [-0.05, 0) is 32.2 Å². The molecular formula is C12H27NOS. The quantitative estimate of drug-likeness (QED) is 0.425. The Labute approximate surface area is 99.8 Å². The Morgan fingerprint density at radius 2 is 1.80 bits per heavy atom. The van der Waals surface area contributed by atoms with Crippen molar-refractivity contribution in [3.63, 3.8) is 0 Å². The van der Waals surface area contributed by atoms with Gasteiger partial charge in [0.25, 0.3) is 0 Å². The molecule has 0 aromatic rings. The lowest BCUT2D eigenvalue weighted by molar-refractivity contribution is 0.0931. The molecule has 1 atom stereocenters. The first-order valence-corrected chi connectivity index (χ1v) is 7.28. The molecule has 0 heterocycles. The van der Waals surface area contributed by atoms with E-state index in [9.17, 15) is 0 Å². The van der Waals surface area contributed by atoms with Gasteiger partial charge in [-0.25, -0.2) is 0 Å². The van der Waals surface area contributed by atoms with Crippen LogP contribution in [0.5, 0.6) is 0 Å². The summed E-state index contributed by atoms with van der Waals surface area (Å²) in [5.41, 5.74) is 0.362. The first kappa shape index (κ1) is 15.3. The molecule has 0 aromatic heterocycles. The van der Waals surface area contributed by atoms with Gasteiger partial charge in [-0.3, -0.25) is 0 Å². The fraction of sp³-hybridized carbons (Fsp3) is 1.00. The van der Waals surface area contributed by atoms with Gasteiger partial charge >= 0.3 is 0 Å². The highest BCUT2D eigenvalue weighted by Crippen LogP contribution is 2.15. The van der Waals surface area contributed by atoms with E-state index in [1.54, 1.807) is 0 Å². The van der Waals surface area contributed by atoms with Crippen LogP contribution in [0.4, 0.5) is 0 Å². The second kappa shape index (κ2) is 10.8. The minimum absolute atomic E-state index is 0.362. The summed E-state index contributed by atoms with van der Waals surface area (Å²) in [6.07, 6.45) is 2.57. The number of thioether (sulfide) groups is 1. The molecule has 0 N–H and O–H groups in total. The molecule has 0 aliphatic rings. The maximum absolute atomic E-state index is 5.74. The molecule has 3 heteroatoms. The average Bonchev–Trinajstić information content (AvgIpc) is 2.26. The summed E-state index contributed by atoms with van der Waals surface area (Å²) in [6.45, 7) is 12.9. The van der Waals surface area contributed by atoms with Crippen LogP contribution in [0, 0.1) is 0 Å². The van der Waals surface area contributed by atoms with Crippen molar-refractivity contribution < 1.29 is 4.74 Å². The lowest BCUT2D eigenvalue weighted by Crippen LogP contribution is -2.32. The van der Waals surface area contributed by atoms with Crippen LogP contribution in [-0.4, -0.2) is 42.3 Å². The average molecular weight is 233 g/mol. The Morgan fingerprint density at radius 3 is 2.27 bits per heavy atom. The topological polar surface area (TPSA) is 12.5 Å². The van der Waals surface area contributed by atoms with Crippen molar-refractivity contribution in [2.45, 2.75) is 46.0 Å². The van der Waals surface area contributed by atoms with E-state index in [1.165, 1.54) is 18.6 Å². The third-order valence-corrected chi connectivity index (χ3v) is 3.64. The number of ether oxygens (including phenoxy) is 1. The first-order chi connectivity index (χ1) is 7.28. The van der Waals surface area contributed by atoms with Crippen LogP contribution in [0.1, 0.15) is 40.5 Å². The molecule has 15 heavy (non-hydrogen) atoms. The summed E-state index contributed by atoms with van der Waals surface area (Å²) >= 11 is 1.97. The Hall–Kier alpha value is 0.270. The molecule has 0 radical (unpaired) electrons. The number of hydrogen-bond donors (Lipinski definition) is 0. The number of unbranched alkanes of at least 4 members (excludes halogenated alkanes) is 1. The summed E-state index contributed by atoms with van der Waals surface area (Å²) < 4.78 is 5.74. The van der Waals surface area contributed by atoms with Gasteiger partial charge in [0.15, 0.2) is 0 Å². The molecular weight excluding hydrogens is 206 g/mol. The maximum Gasteiger partial charge on any atom is 0.115 e. The minimum Gasteiger partial charge on any atom is -0.367 e. The van der Waals surface area contributed by atoms with E-state index < -0.39 is 0 Å². The second-order valence-corrected chi connectivity index (χ2v) is 4.86. The maximum atomic E-state index is 5.74. The fourth-order valence-corrected chi connectivity index (χ4v) is 2.66. The van der Waals surface area contributed by atoms with Crippen molar-refractivity contribution in [1.29, 1.82) is 0 Å². The third kappa shape index (κ3) is 8.12. The summed E-state index contributed by atoms with van der Waals surface area (Å²) in [5.74, 6) is 1.22. The van der Waals surface area contributed by atoms with Crippen molar-refractivity contribution in [2.24, 2.45) is 0 Å². The number of likely N-dealkylation sites (N-methyl/N-ethyl adjacent to an activating group) is 1. The van der Waals surface area contributed by atoms with Crippen LogP contribution >= 0.6 is 11.8 Å². The molecule has 0 amide bonds. The summed E-state index contributed by atoms with van der Waals surface area (Å²) in [6, 6.07) is 0. The highest BCUT2D eigenvalue weighted by atomic mass is 32.2. The van der Waals surface area contributed by atoms with Crippen LogP contribution in [0.25, 0.3) is 0 Å². The molecule has 92 valence electrons. The second-order valence-electron chi connectivity index (χ2n) is 3.60. The monoisotopic (exact) mass is 233 g/mol. The molecule has 0 aliphatic heterocycles. The molecule has 1 unspecified atom stereocenters. The zero-order valence-electron chi connectivity index (χ0n) is 10.8. The van der Waals surface area contributed by atoms with Crippen molar-refractivity contribution >= 4 is 11.8 Å². The van der Waals surface area contributed by atoms with Crippen molar-refractivity contribution in [3.8, 4) is 0 Å². The molecule has 0 rings (SSSR count). The Morgan fingerprint density at radius 1 is 1.13 bits per heavy atom. The van der Waals surface area contributed by atoms with Gasteiger partial charge in [-0.2, -0.15) is 0 Å². The highest BCUT2D eigenvalue weighted by Gasteiger charge is 2.12. The molecule has 0 bridgehead atoms. The number of rotatable bonds is 10. The van der Waals surface area contributed by atoms with E-state index in [0.29, 0.717) is 5.44 Å². The van der Waals surface area contributed by atoms with E-state index >= 15 is 0 Å². The largest absolute Gasteiger partial charge is 0.367 e. The van der Waals surface area contributed by atoms with Gasteiger partial charge in [-0.1, -0.05) is 27.2 Å². The van der Waals surface area contributed by atoms with E-state index in [-0.39, 0.29) is 0 Å². The Kier molecular flexibility index (Phi) is 11.0. The summed E-state index contributed by atoms with van der Waals surface area (Å²) in [4.78, 5) is 2.43. The first-order valence-electron chi connectivity index (χ1n) is 6.23. The van der Waals surface area contributed by atoms with Gasteiger partial charge in [-0.15, -0.1) is 11.8 Å². The molecule has 0 saturated heterocycles. The Balaban J connectivity index is 3.79. The van der Waals surface area contributed by atoms with Crippen molar-refractivity contribution in [2.75, 3.05) is 32.0 Å². The van der Waals surface area contributed by atoms with Crippen LogP contribution < -0.4 is 0 Å². The van der Waals surface area contributed by atoms with Gasteiger partial charge in [0, 0.05) is 13.2 Å². The highest BCUT2D eigenvalue weighted by molar-refractivity contribution is 7.99. The zero-order chi connectivity index (χ0) is 11.5. The lowest BCUT2D eigenvalue weighted by atomic mass is 10.4. The number of nitrogens with zero attached hydrogens (tertiary/aromatic N) is 1. The molecule has 0 aromatic carbocycles. The van der Waals surface area contributed by atoms with Crippen molar-refractivity contribution in [3.05, 3.63) is 0 Å². The zero-order valence-corrected chi connectivity index (χ0v) is 11.6. The van der Waals surface area contributed by atoms with Crippen LogP contribution in [0.3, 0.4) is 0 Å². The van der Waals surface area contributed by atoms with Gasteiger partial charge in [0.2, 0.25) is 0 Å². The molecule has 2 nitrogen and oxygen atoms in total.